The lowest BCUT2D eigenvalue weighted by Crippen LogP contribution is -2.07. The largest absolute Gasteiger partial charge is 0.490 e. The molecule has 0 heterocycles. The van der Waals surface area contributed by atoms with Gasteiger partial charge in [-0.3, -0.25) is 0 Å². The van der Waals surface area contributed by atoms with Crippen molar-refractivity contribution in [2.75, 3.05) is 0 Å². The zero-order valence-corrected chi connectivity index (χ0v) is 11.9. The minimum Gasteiger partial charge on any atom is -0.490 e. The number of ether oxygens (including phenoxy) is 1. The molecule has 0 saturated heterocycles. The summed E-state index contributed by atoms with van der Waals surface area (Å²) in [6, 6.07) is 8.27. The fourth-order valence-electron chi connectivity index (χ4n) is 2.35. The third-order valence-corrected chi connectivity index (χ3v) is 3.50. The quantitative estimate of drug-likeness (QED) is 0.695. The molecule has 1 aliphatic carbocycles. The Morgan fingerprint density at radius 3 is 2.78 bits per heavy atom. The van der Waals surface area contributed by atoms with Gasteiger partial charge in [-0.05, 0) is 44.7 Å². The van der Waals surface area contributed by atoms with E-state index in [-0.39, 0.29) is 11.5 Å². The van der Waals surface area contributed by atoms with E-state index >= 15 is 0 Å². The van der Waals surface area contributed by atoms with Crippen molar-refractivity contribution < 1.29 is 4.74 Å². The highest BCUT2D eigenvalue weighted by Crippen LogP contribution is 2.33. The first-order valence-corrected chi connectivity index (χ1v) is 7.21. The predicted molar refractivity (Wildman–Crippen MR) is 78.3 cm³/mol. The van der Waals surface area contributed by atoms with Crippen LogP contribution in [0, 0.1) is 0 Å². The Morgan fingerprint density at radius 2 is 2.00 bits per heavy atom. The Hall–Kier alpha value is -0.950. The van der Waals surface area contributed by atoms with Gasteiger partial charge < -0.3 is 4.74 Å². The summed E-state index contributed by atoms with van der Waals surface area (Å²) >= 11 is 6.31. The van der Waals surface area contributed by atoms with E-state index in [9.17, 15) is 0 Å². The number of rotatable bonds is 3. The van der Waals surface area contributed by atoms with Crippen molar-refractivity contribution in [3.63, 3.8) is 0 Å². The average Bonchev–Trinajstić information content (AvgIpc) is 2.54. The molecule has 0 saturated carbocycles. The van der Waals surface area contributed by atoms with Gasteiger partial charge in [-0.25, -0.2) is 0 Å². The summed E-state index contributed by atoms with van der Waals surface area (Å²) in [6.45, 7) is 4.12. The normalized spacial score (nSPS) is 20.4. The van der Waals surface area contributed by atoms with Gasteiger partial charge in [0, 0.05) is 5.56 Å². The Kier molecular flexibility index (Phi) is 4.71. The van der Waals surface area contributed by atoms with Gasteiger partial charge in [0.15, 0.2) is 0 Å². The first-order valence-electron chi connectivity index (χ1n) is 6.77. The molecule has 98 valence electrons. The second-order valence-electron chi connectivity index (χ2n) is 5.12. The van der Waals surface area contributed by atoms with E-state index in [1.165, 1.54) is 24.0 Å². The highest BCUT2D eigenvalue weighted by Gasteiger charge is 2.14. The van der Waals surface area contributed by atoms with Crippen LogP contribution in [-0.4, -0.2) is 11.5 Å². The summed E-state index contributed by atoms with van der Waals surface area (Å²) in [5.74, 6) is 0.976. The standard InChI is InChI=1S/C16H21ClO/c1-12(2)18-16-10-6-5-9-15(16)13-7-3-4-8-14(17)11-13/h5-6,9-12,14H,3-4,7-8H2,1-2H3. The molecule has 1 aromatic rings. The molecular weight excluding hydrogens is 244 g/mol. The lowest BCUT2D eigenvalue weighted by atomic mass is 10.0. The van der Waals surface area contributed by atoms with E-state index in [2.05, 4.69) is 32.1 Å². The maximum Gasteiger partial charge on any atom is 0.127 e. The van der Waals surface area contributed by atoms with Gasteiger partial charge in [0.2, 0.25) is 0 Å². The average molecular weight is 265 g/mol. The van der Waals surface area contributed by atoms with Crippen molar-refractivity contribution in [3.8, 4) is 5.75 Å². The van der Waals surface area contributed by atoms with Crippen LogP contribution in [0.25, 0.3) is 5.57 Å². The van der Waals surface area contributed by atoms with E-state index in [0.29, 0.717) is 0 Å². The van der Waals surface area contributed by atoms with Gasteiger partial charge >= 0.3 is 0 Å². The molecule has 2 rings (SSSR count). The molecule has 0 fully saturated rings. The number of hydrogen-bond donors (Lipinski definition) is 0. The molecule has 1 unspecified atom stereocenters. The second-order valence-corrected chi connectivity index (χ2v) is 5.68. The fourth-order valence-corrected chi connectivity index (χ4v) is 2.66. The molecule has 0 spiro atoms. The molecule has 18 heavy (non-hydrogen) atoms. The second kappa shape index (κ2) is 6.29. The molecular formula is C16H21ClO. The maximum absolute atomic E-state index is 6.31. The van der Waals surface area contributed by atoms with Crippen LogP contribution in [0.2, 0.25) is 0 Å². The number of hydrogen-bond acceptors (Lipinski definition) is 1. The zero-order chi connectivity index (χ0) is 13.0. The molecule has 0 amide bonds. The molecule has 1 nitrogen and oxygen atoms in total. The third-order valence-electron chi connectivity index (χ3n) is 3.15. The van der Waals surface area contributed by atoms with Crippen LogP contribution in [0.1, 0.15) is 45.1 Å². The van der Waals surface area contributed by atoms with E-state index in [4.69, 9.17) is 16.3 Å². The van der Waals surface area contributed by atoms with Crippen LogP contribution >= 0.6 is 11.6 Å². The van der Waals surface area contributed by atoms with E-state index in [1.807, 2.05) is 12.1 Å². The molecule has 0 aliphatic heterocycles. The van der Waals surface area contributed by atoms with Crippen LogP contribution in [0.5, 0.6) is 5.75 Å². The fraction of sp³-hybridized carbons (Fsp3) is 0.500. The van der Waals surface area contributed by atoms with Gasteiger partial charge in [-0.2, -0.15) is 0 Å². The maximum atomic E-state index is 6.31. The number of alkyl halides is 1. The van der Waals surface area contributed by atoms with Crippen molar-refractivity contribution >= 4 is 17.2 Å². The van der Waals surface area contributed by atoms with Crippen LogP contribution in [0.4, 0.5) is 0 Å². The van der Waals surface area contributed by atoms with Gasteiger partial charge in [0.25, 0.3) is 0 Å². The molecule has 0 N–H and O–H groups in total. The van der Waals surface area contributed by atoms with Crippen molar-refractivity contribution in [2.24, 2.45) is 0 Å². The molecule has 0 bridgehead atoms. The molecule has 1 aromatic carbocycles. The number of para-hydroxylation sites is 1. The summed E-state index contributed by atoms with van der Waals surface area (Å²) in [6.07, 6.45) is 7.01. The molecule has 1 aliphatic rings. The van der Waals surface area contributed by atoms with Crippen molar-refractivity contribution in [3.05, 3.63) is 35.9 Å². The lowest BCUT2D eigenvalue weighted by molar-refractivity contribution is 0.241. The first kappa shape index (κ1) is 13.5. The van der Waals surface area contributed by atoms with Crippen molar-refractivity contribution in [1.82, 2.24) is 0 Å². The molecule has 0 radical (unpaired) electrons. The summed E-state index contributed by atoms with van der Waals surface area (Å²) in [5.41, 5.74) is 2.54. The van der Waals surface area contributed by atoms with Crippen LogP contribution < -0.4 is 4.74 Å². The van der Waals surface area contributed by atoms with E-state index in [1.54, 1.807) is 0 Å². The Labute approximate surface area is 115 Å². The number of benzene rings is 1. The molecule has 1 atom stereocenters. The van der Waals surface area contributed by atoms with Gasteiger partial charge in [0.05, 0.1) is 11.5 Å². The smallest absolute Gasteiger partial charge is 0.127 e. The lowest BCUT2D eigenvalue weighted by Gasteiger charge is -2.16. The highest BCUT2D eigenvalue weighted by molar-refractivity contribution is 6.22. The Bertz CT molecular complexity index is 423. The molecule has 0 aromatic heterocycles. The summed E-state index contributed by atoms with van der Waals surface area (Å²) in [5, 5.41) is 0.162. The van der Waals surface area contributed by atoms with Gasteiger partial charge in [-0.15, -0.1) is 11.6 Å². The first-order chi connectivity index (χ1) is 8.66. The van der Waals surface area contributed by atoms with Crippen molar-refractivity contribution in [1.29, 1.82) is 0 Å². The van der Waals surface area contributed by atoms with Crippen molar-refractivity contribution in [2.45, 2.75) is 51.0 Å². The Morgan fingerprint density at radius 1 is 1.22 bits per heavy atom. The van der Waals surface area contributed by atoms with Gasteiger partial charge in [-0.1, -0.05) is 30.7 Å². The van der Waals surface area contributed by atoms with Gasteiger partial charge in [0.1, 0.15) is 5.75 Å². The minimum atomic E-state index is 0.162. The van der Waals surface area contributed by atoms with E-state index < -0.39 is 0 Å². The molecule has 2 heteroatoms. The Balaban J connectivity index is 2.31. The highest BCUT2D eigenvalue weighted by atomic mass is 35.5. The van der Waals surface area contributed by atoms with Crippen LogP contribution in [0.15, 0.2) is 30.3 Å². The van der Waals surface area contributed by atoms with Crippen LogP contribution in [-0.2, 0) is 0 Å². The predicted octanol–water partition coefficient (Wildman–Crippen LogP) is 5.04. The third kappa shape index (κ3) is 3.52. The SMILES string of the molecule is CC(C)Oc1ccccc1C1=CC(Cl)CCCC1. The van der Waals surface area contributed by atoms with E-state index in [0.717, 1.165) is 18.6 Å². The number of allylic oxidation sites excluding steroid dienone is 2. The topological polar surface area (TPSA) is 9.23 Å². The number of halogens is 1. The summed E-state index contributed by atoms with van der Waals surface area (Å²) < 4.78 is 5.89. The minimum absolute atomic E-state index is 0.162. The summed E-state index contributed by atoms with van der Waals surface area (Å²) in [4.78, 5) is 0. The monoisotopic (exact) mass is 264 g/mol. The summed E-state index contributed by atoms with van der Waals surface area (Å²) in [7, 11) is 0. The zero-order valence-electron chi connectivity index (χ0n) is 11.2. The van der Waals surface area contributed by atoms with Crippen LogP contribution in [0.3, 0.4) is 0 Å².